The smallest absolute Gasteiger partial charge is 0.120 e. The summed E-state index contributed by atoms with van der Waals surface area (Å²) in [4.78, 5) is 0. The fourth-order valence-corrected chi connectivity index (χ4v) is 1.72. The summed E-state index contributed by atoms with van der Waals surface area (Å²) >= 11 is 0. The third kappa shape index (κ3) is 3.36. The van der Waals surface area contributed by atoms with E-state index in [0.29, 0.717) is 13.0 Å². The van der Waals surface area contributed by atoms with Crippen LogP contribution < -0.4 is 4.74 Å². The highest BCUT2D eigenvalue weighted by molar-refractivity contribution is 5.28. The van der Waals surface area contributed by atoms with Crippen molar-refractivity contribution in [3.63, 3.8) is 0 Å². The van der Waals surface area contributed by atoms with Crippen molar-refractivity contribution in [3.8, 4) is 11.8 Å². The average Bonchev–Trinajstić information content (AvgIpc) is 2.38. The van der Waals surface area contributed by atoms with Gasteiger partial charge in [0.2, 0.25) is 0 Å². The molecule has 0 spiro atoms. The van der Waals surface area contributed by atoms with Crippen LogP contribution in [0, 0.1) is 18.3 Å². The van der Waals surface area contributed by atoms with Gasteiger partial charge in [-0.1, -0.05) is 36.4 Å². The summed E-state index contributed by atoms with van der Waals surface area (Å²) in [6, 6.07) is 18.1. The van der Waals surface area contributed by atoms with Gasteiger partial charge in [0.15, 0.2) is 0 Å². The van der Waals surface area contributed by atoms with Crippen LogP contribution in [0.25, 0.3) is 0 Å². The summed E-state index contributed by atoms with van der Waals surface area (Å²) in [6.07, 6.45) is 0.457. The molecule has 2 nitrogen and oxygen atoms in total. The second kappa shape index (κ2) is 5.88. The Bertz CT molecular complexity index is 552. The van der Waals surface area contributed by atoms with Crippen LogP contribution in [-0.2, 0) is 13.0 Å². The monoisotopic (exact) mass is 237 g/mol. The Morgan fingerprint density at radius 1 is 1.06 bits per heavy atom. The summed E-state index contributed by atoms with van der Waals surface area (Å²) in [5.74, 6) is 0.885. The molecule has 2 heteroatoms. The molecular formula is C16H15NO. The molecule has 0 unspecified atom stereocenters. The summed E-state index contributed by atoms with van der Waals surface area (Å²) in [6.45, 7) is 2.60. The van der Waals surface area contributed by atoms with E-state index in [-0.39, 0.29) is 0 Å². The molecule has 0 N–H and O–H groups in total. The van der Waals surface area contributed by atoms with Gasteiger partial charge >= 0.3 is 0 Å². The van der Waals surface area contributed by atoms with E-state index in [9.17, 15) is 0 Å². The second-order valence-electron chi connectivity index (χ2n) is 4.26. The number of ether oxygens (including phenoxy) is 1. The lowest BCUT2D eigenvalue weighted by Crippen LogP contribution is -1.95. The fourth-order valence-electron chi connectivity index (χ4n) is 1.72. The second-order valence-corrected chi connectivity index (χ2v) is 4.26. The zero-order chi connectivity index (χ0) is 12.8. The Hall–Kier alpha value is -2.27. The van der Waals surface area contributed by atoms with Gasteiger partial charge in [-0.3, -0.25) is 0 Å². The predicted octanol–water partition coefficient (Wildman–Crippen LogP) is 3.64. The van der Waals surface area contributed by atoms with Gasteiger partial charge in [0, 0.05) is 0 Å². The minimum absolute atomic E-state index is 0.457. The molecule has 0 aliphatic heterocycles. The van der Waals surface area contributed by atoms with Gasteiger partial charge in [-0.05, 0) is 35.7 Å². The third-order valence-corrected chi connectivity index (χ3v) is 2.70. The van der Waals surface area contributed by atoms with Crippen LogP contribution >= 0.6 is 0 Å². The molecule has 0 saturated carbocycles. The van der Waals surface area contributed by atoms with Crippen molar-refractivity contribution in [2.45, 2.75) is 20.0 Å². The SMILES string of the molecule is Cc1cccc(OCc2ccc(CC#N)cc2)c1. The van der Waals surface area contributed by atoms with Crippen molar-refractivity contribution >= 4 is 0 Å². The number of nitriles is 1. The van der Waals surface area contributed by atoms with Gasteiger partial charge in [0.1, 0.15) is 12.4 Å². The molecular weight excluding hydrogens is 222 g/mol. The normalized spacial score (nSPS) is 9.78. The lowest BCUT2D eigenvalue weighted by molar-refractivity contribution is 0.306. The molecule has 0 heterocycles. The van der Waals surface area contributed by atoms with Crippen molar-refractivity contribution in [3.05, 3.63) is 65.2 Å². The maximum absolute atomic E-state index is 8.59. The van der Waals surface area contributed by atoms with Crippen LogP contribution in [-0.4, -0.2) is 0 Å². The molecule has 18 heavy (non-hydrogen) atoms. The van der Waals surface area contributed by atoms with Crippen LogP contribution in [0.15, 0.2) is 48.5 Å². The van der Waals surface area contributed by atoms with E-state index in [1.165, 1.54) is 5.56 Å². The Morgan fingerprint density at radius 3 is 2.44 bits per heavy atom. The van der Waals surface area contributed by atoms with E-state index in [1.807, 2.05) is 55.5 Å². The molecule has 0 aromatic heterocycles. The summed E-state index contributed by atoms with van der Waals surface area (Å²) in [7, 11) is 0. The van der Waals surface area contributed by atoms with E-state index >= 15 is 0 Å². The highest BCUT2D eigenvalue weighted by Gasteiger charge is 1.97. The minimum Gasteiger partial charge on any atom is -0.489 e. The highest BCUT2D eigenvalue weighted by atomic mass is 16.5. The molecule has 2 aromatic rings. The highest BCUT2D eigenvalue weighted by Crippen LogP contribution is 2.14. The first-order valence-electron chi connectivity index (χ1n) is 5.92. The Kier molecular flexibility index (Phi) is 3.98. The molecule has 2 rings (SSSR count). The van der Waals surface area contributed by atoms with E-state index < -0.39 is 0 Å². The maximum atomic E-state index is 8.59. The van der Waals surface area contributed by atoms with E-state index in [4.69, 9.17) is 10.00 Å². The van der Waals surface area contributed by atoms with Crippen molar-refractivity contribution in [2.75, 3.05) is 0 Å². The molecule has 0 radical (unpaired) electrons. The number of hydrogen-bond acceptors (Lipinski definition) is 2. The van der Waals surface area contributed by atoms with Crippen molar-refractivity contribution in [1.82, 2.24) is 0 Å². The van der Waals surface area contributed by atoms with Gasteiger partial charge in [0.05, 0.1) is 12.5 Å². The standard InChI is InChI=1S/C16H15NO/c1-13-3-2-4-16(11-13)18-12-15-7-5-14(6-8-15)9-10-17/h2-8,11H,9,12H2,1H3. The van der Waals surface area contributed by atoms with E-state index in [0.717, 1.165) is 16.9 Å². The van der Waals surface area contributed by atoms with Crippen LogP contribution in [0.2, 0.25) is 0 Å². The van der Waals surface area contributed by atoms with Gasteiger partial charge < -0.3 is 4.74 Å². The zero-order valence-corrected chi connectivity index (χ0v) is 10.4. The van der Waals surface area contributed by atoms with Crippen LogP contribution in [0.4, 0.5) is 0 Å². The first-order valence-corrected chi connectivity index (χ1v) is 5.92. The molecule has 90 valence electrons. The Balaban J connectivity index is 1.96. The molecule has 0 amide bonds. The summed E-state index contributed by atoms with van der Waals surface area (Å²) in [5.41, 5.74) is 3.34. The van der Waals surface area contributed by atoms with E-state index in [1.54, 1.807) is 0 Å². The number of hydrogen-bond donors (Lipinski definition) is 0. The van der Waals surface area contributed by atoms with Crippen LogP contribution in [0.1, 0.15) is 16.7 Å². The lowest BCUT2D eigenvalue weighted by Gasteiger charge is -2.07. The first-order chi connectivity index (χ1) is 8.78. The quantitative estimate of drug-likeness (QED) is 0.813. The van der Waals surface area contributed by atoms with Gasteiger partial charge in [0.25, 0.3) is 0 Å². The van der Waals surface area contributed by atoms with Gasteiger partial charge in [-0.15, -0.1) is 0 Å². The molecule has 0 fully saturated rings. The first kappa shape index (κ1) is 12.2. The topological polar surface area (TPSA) is 33.0 Å². The van der Waals surface area contributed by atoms with Gasteiger partial charge in [-0.25, -0.2) is 0 Å². The number of benzene rings is 2. The molecule has 0 aliphatic rings. The largest absolute Gasteiger partial charge is 0.489 e. The molecule has 0 aliphatic carbocycles. The third-order valence-electron chi connectivity index (χ3n) is 2.70. The molecule has 0 bridgehead atoms. The summed E-state index contributed by atoms with van der Waals surface area (Å²) < 4.78 is 5.71. The van der Waals surface area contributed by atoms with Crippen molar-refractivity contribution in [2.24, 2.45) is 0 Å². The predicted molar refractivity (Wildman–Crippen MR) is 71.3 cm³/mol. The van der Waals surface area contributed by atoms with Gasteiger partial charge in [-0.2, -0.15) is 5.26 Å². The Labute approximate surface area is 107 Å². The number of nitrogens with zero attached hydrogens (tertiary/aromatic N) is 1. The van der Waals surface area contributed by atoms with E-state index in [2.05, 4.69) is 6.07 Å². The maximum Gasteiger partial charge on any atom is 0.120 e. The number of aryl methyl sites for hydroxylation is 1. The average molecular weight is 237 g/mol. The number of rotatable bonds is 4. The minimum atomic E-state index is 0.457. The summed E-state index contributed by atoms with van der Waals surface area (Å²) in [5, 5.41) is 8.59. The lowest BCUT2D eigenvalue weighted by atomic mass is 10.1. The zero-order valence-electron chi connectivity index (χ0n) is 10.4. The van der Waals surface area contributed by atoms with Crippen molar-refractivity contribution < 1.29 is 4.74 Å². The molecule has 0 saturated heterocycles. The van der Waals surface area contributed by atoms with Crippen molar-refractivity contribution in [1.29, 1.82) is 5.26 Å². The van der Waals surface area contributed by atoms with Crippen LogP contribution in [0.5, 0.6) is 5.75 Å². The Morgan fingerprint density at radius 2 is 1.78 bits per heavy atom. The molecule has 0 atom stereocenters. The molecule has 2 aromatic carbocycles. The van der Waals surface area contributed by atoms with Crippen LogP contribution in [0.3, 0.4) is 0 Å². The fraction of sp³-hybridized carbons (Fsp3) is 0.188.